The lowest BCUT2D eigenvalue weighted by Gasteiger charge is -2.19. The highest BCUT2D eigenvalue weighted by Gasteiger charge is 2.24. The molecule has 0 amide bonds. The number of aromatic amines is 1. The predicted molar refractivity (Wildman–Crippen MR) is 309 cm³/mol. The molecule has 0 aliphatic rings. The highest BCUT2D eigenvalue weighted by Crippen LogP contribution is 2.40. The summed E-state index contributed by atoms with van der Waals surface area (Å²) in [6.07, 6.45) is 4.62. The van der Waals surface area contributed by atoms with Gasteiger partial charge in [0.1, 0.15) is 39.6 Å². The molecule has 87 heavy (non-hydrogen) atoms. The first kappa shape index (κ1) is 60.8. The first-order valence-electron chi connectivity index (χ1n) is 24.9. The summed E-state index contributed by atoms with van der Waals surface area (Å²) in [5, 5.41) is 101. The van der Waals surface area contributed by atoms with E-state index in [1.54, 1.807) is 85.1 Å². The summed E-state index contributed by atoms with van der Waals surface area (Å²) in [6.45, 7) is -1.66. The molecule has 0 unspecified atom stereocenters. The van der Waals surface area contributed by atoms with E-state index >= 15 is 0 Å². The minimum atomic E-state index is -4.12. The molecule has 5 aromatic carbocycles. The molecule has 0 aliphatic carbocycles. The summed E-state index contributed by atoms with van der Waals surface area (Å²) in [5.74, 6) is -6.10. The van der Waals surface area contributed by atoms with Gasteiger partial charge in [0.05, 0.1) is 40.3 Å². The van der Waals surface area contributed by atoms with Crippen LogP contribution < -0.4 is 10.3 Å². The zero-order valence-electron chi connectivity index (χ0n) is 44.4. The molecular weight excluding hydrogens is 1150 g/mol. The summed E-state index contributed by atoms with van der Waals surface area (Å²) >= 11 is 0. The van der Waals surface area contributed by atoms with Crippen molar-refractivity contribution < 1.29 is 73.2 Å². The van der Waals surface area contributed by atoms with Crippen molar-refractivity contribution >= 4 is 113 Å². The average Bonchev–Trinajstić information content (AvgIpc) is 2.01. The van der Waals surface area contributed by atoms with Gasteiger partial charge in [-0.2, -0.15) is 0 Å². The molecule has 30 heteroatoms. The number of hydrogen-bond donors (Lipinski definition) is 10. The van der Waals surface area contributed by atoms with Crippen molar-refractivity contribution in [3.63, 3.8) is 0 Å². The number of aromatic nitrogens is 5. The second-order valence-corrected chi connectivity index (χ2v) is 19.5. The fourth-order valence-electron chi connectivity index (χ4n) is 7.98. The van der Waals surface area contributed by atoms with Crippen LogP contribution in [0.4, 0.5) is 40.2 Å². The second kappa shape index (κ2) is 27.2. The molecule has 0 bridgehead atoms. The first-order chi connectivity index (χ1) is 41.6. The number of aliphatic carboxylic acids is 2. The van der Waals surface area contributed by atoms with Gasteiger partial charge < -0.3 is 45.8 Å². The Morgan fingerprint density at radius 1 is 0.517 bits per heavy atom. The number of azo groups is 3. The van der Waals surface area contributed by atoms with E-state index in [1.807, 2.05) is 0 Å². The van der Waals surface area contributed by atoms with E-state index in [-0.39, 0.29) is 101 Å². The molecule has 0 saturated carbocycles. The van der Waals surface area contributed by atoms with Crippen molar-refractivity contribution in [2.45, 2.75) is 11.4 Å². The Morgan fingerprint density at radius 3 is 1.53 bits per heavy atom. The SMILES string of the molecule is O=C(O)CN(CC(=O)O)Cc1nc2c(N=Nc3ccccn3)ccc(O)c2cc1C(=O)O.O=C(O)c1cc2c(O)ccc(N=Nc3ccccn3)c2[nH]c1=O.O=C(O)c1ccc(NS(=O)(=O)c2cc(N=Nc3ccccn3)c(O)c3ccccc23)cc1. The summed E-state index contributed by atoms with van der Waals surface area (Å²) in [7, 11) is -4.12. The van der Waals surface area contributed by atoms with Crippen LogP contribution in [-0.4, -0.2) is 122 Å². The molecule has 0 aliphatic heterocycles. The van der Waals surface area contributed by atoms with Crippen LogP contribution in [0.5, 0.6) is 17.2 Å². The number of pyridine rings is 5. The Morgan fingerprint density at radius 2 is 1.01 bits per heavy atom. The summed E-state index contributed by atoms with van der Waals surface area (Å²) in [5.41, 5.74) is -0.714. The lowest BCUT2D eigenvalue weighted by molar-refractivity contribution is -0.142. The third-order valence-corrected chi connectivity index (χ3v) is 13.3. The van der Waals surface area contributed by atoms with Gasteiger partial charge in [0.15, 0.2) is 23.2 Å². The molecular formula is C57H43N13O16S. The van der Waals surface area contributed by atoms with E-state index in [4.69, 9.17) is 20.4 Å². The van der Waals surface area contributed by atoms with Gasteiger partial charge in [-0.25, -0.2) is 42.7 Å². The molecule has 5 heterocycles. The van der Waals surface area contributed by atoms with Gasteiger partial charge in [0, 0.05) is 52.4 Å². The molecule has 0 radical (unpaired) electrons. The number of phenols is 3. The first-order valence-corrected chi connectivity index (χ1v) is 26.4. The van der Waals surface area contributed by atoms with Gasteiger partial charge in [-0.15, -0.1) is 30.7 Å². The number of hydrogen-bond acceptors (Lipinski definition) is 22. The zero-order valence-corrected chi connectivity index (χ0v) is 45.2. The van der Waals surface area contributed by atoms with Crippen LogP contribution in [0.2, 0.25) is 0 Å². The number of nitrogens with one attached hydrogen (secondary N) is 2. The van der Waals surface area contributed by atoms with Crippen molar-refractivity contribution in [1.82, 2.24) is 29.8 Å². The average molecular weight is 1200 g/mol. The maximum atomic E-state index is 13.2. The lowest BCUT2D eigenvalue weighted by atomic mass is 10.1. The molecule has 0 saturated heterocycles. The van der Waals surface area contributed by atoms with Gasteiger partial charge in [-0.05, 0) is 103 Å². The number of aromatic hydroxyl groups is 3. The van der Waals surface area contributed by atoms with Crippen LogP contribution in [-0.2, 0) is 26.2 Å². The van der Waals surface area contributed by atoms with Gasteiger partial charge in [0.25, 0.3) is 15.6 Å². The number of H-pyrrole nitrogens is 1. The van der Waals surface area contributed by atoms with Crippen LogP contribution >= 0.6 is 0 Å². The van der Waals surface area contributed by atoms with Crippen LogP contribution in [0, 0.1) is 0 Å². The topological polar surface area (TPSA) is 455 Å². The number of phenolic OH excluding ortho intramolecular Hbond substituents is 3. The van der Waals surface area contributed by atoms with Crippen molar-refractivity contribution in [3.05, 3.63) is 197 Å². The molecule has 10 rings (SSSR count). The minimum Gasteiger partial charge on any atom is -0.507 e. The third-order valence-electron chi connectivity index (χ3n) is 11.9. The van der Waals surface area contributed by atoms with Crippen LogP contribution in [0.15, 0.2) is 205 Å². The van der Waals surface area contributed by atoms with Crippen molar-refractivity contribution in [2.24, 2.45) is 30.7 Å². The van der Waals surface area contributed by atoms with E-state index in [1.165, 1.54) is 73.1 Å². The van der Waals surface area contributed by atoms with Crippen molar-refractivity contribution in [3.8, 4) is 17.2 Å². The fraction of sp³-hybridized carbons (Fsp3) is 0.0526. The van der Waals surface area contributed by atoms with E-state index in [0.29, 0.717) is 17.5 Å². The number of carbonyl (C=O) groups is 5. The maximum Gasteiger partial charge on any atom is 0.341 e. The van der Waals surface area contributed by atoms with Crippen molar-refractivity contribution in [2.75, 3.05) is 17.8 Å². The Bertz CT molecular complexity index is 4530. The number of aromatic carboxylic acids is 3. The third kappa shape index (κ3) is 15.4. The molecule has 29 nitrogen and oxygen atoms in total. The Kier molecular flexibility index (Phi) is 19.0. The normalized spacial score (nSPS) is 11.4. The zero-order chi connectivity index (χ0) is 62.4. The van der Waals surface area contributed by atoms with Gasteiger partial charge >= 0.3 is 29.8 Å². The van der Waals surface area contributed by atoms with Crippen LogP contribution in [0.3, 0.4) is 0 Å². The summed E-state index contributed by atoms with van der Waals surface area (Å²) < 4.78 is 28.8. The standard InChI is InChI=1S/C22H16N4O5S.C20H17N5O7.C15H10N4O4/c27-21-17-6-2-1-5-16(17)19(13-18(21)24-25-20-7-3-4-12-23-20)32(30,31)26-15-10-8-14(9-11-15)22(28)29;26-15-5-4-13(23-24-16-3-1-2-6-21-16)19-12(15)7-11(20(31)32)14(22-19)8-25(9-17(27)28)10-18(29)30;20-11-5-4-10(18-19-12-3-1-2-6-16-12)13-8(11)7-9(15(22)23)14(21)17-13/h1-13,26-27H,(H,28,29);1-7,26H,8-10H2,(H,27,28)(H,29,30)(H,31,32);1-7,20H,(H,17,21)(H,22,23). The highest BCUT2D eigenvalue weighted by molar-refractivity contribution is 7.93. The summed E-state index contributed by atoms with van der Waals surface area (Å²) in [4.78, 5) is 87.4. The Labute approximate surface area is 488 Å². The summed E-state index contributed by atoms with van der Waals surface area (Å²) in [6, 6.07) is 36.0. The van der Waals surface area contributed by atoms with E-state index < -0.39 is 64.1 Å². The van der Waals surface area contributed by atoms with Gasteiger partial charge in [-0.3, -0.25) is 24.0 Å². The second-order valence-electron chi connectivity index (χ2n) is 17.9. The Balaban J connectivity index is 0.000000172. The highest BCUT2D eigenvalue weighted by atomic mass is 32.2. The predicted octanol–water partition coefficient (Wildman–Crippen LogP) is 10.0. The van der Waals surface area contributed by atoms with Crippen LogP contribution in [0.1, 0.15) is 36.8 Å². The smallest absolute Gasteiger partial charge is 0.341 e. The number of fused-ring (bicyclic) bond motifs is 3. The molecule has 5 aromatic heterocycles. The van der Waals surface area contributed by atoms with Gasteiger partial charge in [0.2, 0.25) is 0 Å². The van der Waals surface area contributed by atoms with E-state index in [0.717, 1.165) is 11.0 Å². The van der Waals surface area contributed by atoms with E-state index in [9.17, 15) is 57.6 Å². The van der Waals surface area contributed by atoms with Gasteiger partial charge in [-0.1, -0.05) is 42.5 Å². The Hall–Kier alpha value is -12.3. The number of carboxylic acid groups (broad SMARTS) is 5. The molecule has 10 aromatic rings. The number of benzene rings is 5. The molecule has 10 N–H and O–H groups in total. The lowest BCUT2D eigenvalue weighted by Crippen LogP contribution is -2.34. The molecule has 438 valence electrons. The van der Waals surface area contributed by atoms with Crippen molar-refractivity contribution in [1.29, 1.82) is 0 Å². The number of carboxylic acids is 5. The van der Waals surface area contributed by atoms with Crippen LogP contribution in [0.25, 0.3) is 32.6 Å². The number of rotatable bonds is 18. The van der Waals surface area contributed by atoms with E-state index in [2.05, 4.69) is 60.3 Å². The quantitative estimate of drug-likeness (QED) is 0.0357. The monoisotopic (exact) mass is 1200 g/mol. The molecule has 0 spiro atoms. The number of anilines is 1. The maximum absolute atomic E-state index is 13.2. The molecule has 0 atom stereocenters. The fourth-order valence-corrected chi connectivity index (χ4v) is 9.27. The minimum absolute atomic E-state index is 0.0280. The largest absolute Gasteiger partial charge is 0.507 e. The molecule has 0 fully saturated rings. The number of sulfonamides is 1. The number of nitrogens with zero attached hydrogens (tertiary/aromatic N) is 11.